The van der Waals surface area contributed by atoms with Gasteiger partial charge in [-0.2, -0.15) is 0 Å². The van der Waals surface area contributed by atoms with Gasteiger partial charge in [0.1, 0.15) is 5.75 Å². The number of thiophene rings is 1. The molecule has 1 aliphatic heterocycles. The minimum absolute atomic E-state index is 0.0112. The highest BCUT2D eigenvalue weighted by atomic mass is 32.1. The average Bonchev–Trinajstić information content (AvgIpc) is 3.17. The van der Waals surface area contributed by atoms with Crippen molar-refractivity contribution in [1.82, 2.24) is 4.90 Å². The maximum absolute atomic E-state index is 12.7. The Balaban J connectivity index is 1.54. The Morgan fingerprint density at radius 3 is 2.85 bits per heavy atom. The Morgan fingerprint density at radius 1 is 1.19 bits per heavy atom. The Labute approximate surface area is 163 Å². The van der Waals surface area contributed by atoms with Crippen molar-refractivity contribution in [3.8, 4) is 5.75 Å². The quantitative estimate of drug-likeness (QED) is 0.718. The third kappa shape index (κ3) is 3.89. The van der Waals surface area contributed by atoms with Gasteiger partial charge in [0.2, 0.25) is 5.91 Å². The van der Waals surface area contributed by atoms with Gasteiger partial charge in [0, 0.05) is 23.2 Å². The lowest BCUT2D eigenvalue weighted by Crippen LogP contribution is -2.40. The fourth-order valence-electron chi connectivity index (χ4n) is 3.65. The van der Waals surface area contributed by atoms with Crippen LogP contribution in [0.4, 0.5) is 5.69 Å². The van der Waals surface area contributed by atoms with Gasteiger partial charge in [-0.25, -0.2) is 0 Å². The van der Waals surface area contributed by atoms with Gasteiger partial charge in [0.15, 0.2) is 0 Å². The molecule has 1 aromatic heterocycles. The molecular weight excluding hydrogens is 356 g/mol. The summed E-state index contributed by atoms with van der Waals surface area (Å²) in [4.78, 5) is 16.4. The van der Waals surface area contributed by atoms with Crippen LogP contribution < -0.4 is 10.1 Å². The SMILES string of the molecule is COc1cccc(NC(=O)CN2CCc3sccc3[C@@H]2c2ccccc2)c1. The highest BCUT2D eigenvalue weighted by Crippen LogP contribution is 2.37. The molecule has 1 amide bonds. The zero-order valence-electron chi connectivity index (χ0n) is 15.2. The molecule has 0 spiro atoms. The molecule has 4 nitrogen and oxygen atoms in total. The number of hydrogen-bond donors (Lipinski definition) is 1. The normalized spacial score (nSPS) is 16.6. The van der Waals surface area contributed by atoms with E-state index in [9.17, 15) is 4.79 Å². The first-order valence-corrected chi connectivity index (χ1v) is 9.92. The molecule has 1 N–H and O–H groups in total. The Bertz CT molecular complexity index is 923. The van der Waals surface area contributed by atoms with E-state index in [1.165, 1.54) is 16.0 Å². The number of anilines is 1. The van der Waals surface area contributed by atoms with Crippen LogP contribution in [-0.2, 0) is 11.2 Å². The smallest absolute Gasteiger partial charge is 0.238 e. The van der Waals surface area contributed by atoms with Gasteiger partial charge < -0.3 is 10.1 Å². The van der Waals surface area contributed by atoms with E-state index in [2.05, 4.69) is 45.9 Å². The van der Waals surface area contributed by atoms with Crippen LogP contribution in [-0.4, -0.2) is 31.0 Å². The largest absolute Gasteiger partial charge is 0.497 e. The van der Waals surface area contributed by atoms with Crippen LogP contribution in [0.1, 0.15) is 22.0 Å². The number of rotatable bonds is 5. The van der Waals surface area contributed by atoms with Crippen molar-refractivity contribution in [2.24, 2.45) is 0 Å². The van der Waals surface area contributed by atoms with Gasteiger partial charge in [-0.05, 0) is 41.1 Å². The summed E-state index contributed by atoms with van der Waals surface area (Å²) in [7, 11) is 1.62. The second-order valence-electron chi connectivity index (χ2n) is 6.61. The van der Waals surface area contributed by atoms with Crippen LogP contribution in [0.5, 0.6) is 5.75 Å². The third-order valence-electron chi connectivity index (χ3n) is 4.88. The van der Waals surface area contributed by atoms with E-state index >= 15 is 0 Å². The van der Waals surface area contributed by atoms with Crippen LogP contribution in [0.25, 0.3) is 0 Å². The van der Waals surface area contributed by atoms with Crippen molar-refractivity contribution >= 4 is 22.9 Å². The second-order valence-corrected chi connectivity index (χ2v) is 7.61. The summed E-state index contributed by atoms with van der Waals surface area (Å²) < 4.78 is 5.23. The standard InChI is InChI=1S/C22H22N2O2S/c1-26-18-9-5-8-17(14-18)23-21(25)15-24-12-10-20-19(11-13-27-20)22(24)16-6-3-2-4-7-16/h2-9,11,13-14,22H,10,12,15H2,1H3,(H,23,25)/t22-/m0/s1. The number of amides is 1. The zero-order valence-corrected chi connectivity index (χ0v) is 16.0. The number of fused-ring (bicyclic) bond motifs is 1. The van der Waals surface area contributed by atoms with Gasteiger partial charge in [-0.15, -0.1) is 11.3 Å². The predicted molar refractivity (Wildman–Crippen MR) is 110 cm³/mol. The molecule has 4 rings (SSSR count). The van der Waals surface area contributed by atoms with E-state index in [1.807, 2.05) is 41.7 Å². The van der Waals surface area contributed by atoms with Gasteiger partial charge >= 0.3 is 0 Å². The number of benzene rings is 2. The topological polar surface area (TPSA) is 41.6 Å². The van der Waals surface area contributed by atoms with E-state index in [4.69, 9.17) is 4.74 Å². The van der Waals surface area contributed by atoms with E-state index < -0.39 is 0 Å². The number of methoxy groups -OCH3 is 1. The molecule has 3 aromatic rings. The second kappa shape index (κ2) is 7.94. The van der Waals surface area contributed by atoms with Crippen molar-refractivity contribution in [1.29, 1.82) is 0 Å². The molecule has 138 valence electrons. The lowest BCUT2D eigenvalue weighted by atomic mass is 9.93. The van der Waals surface area contributed by atoms with E-state index in [-0.39, 0.29) is 11.9 Å². The molecule has 0 bridgehead atoms. The Hall–Kier alpha value is -2.63. The maximum Gasteiger partial charge on any atom is 0.238 e. The predicted octanol–water partition coefficient (Wildman–Crippen LogP) is 4.34. The highest BCUT2D eigenvalue weighted by Gasteiger charge is 2.30. The molecule has 1 atom stereocenters. The first-order chi connectivity index (χ1) is 13.2. The number of hydrogen-bond acceptors (Lipinski definition) is 4. The third-order valence-corrected chi connectivity index (χ3v) is 5.88. The molecule has 0 aliphatic carbocycles. The maximum atomic E-state index is 12.7. The van der Waals surface area contributed by atoms with Crippen LogP contribution in [0.15, 0.2) is 66.0 Å². The minimum atomic E-state index is -0.0112. The molecule has 1 aliphatic rings. The monoisotopic (exact) mass is 378 g/mol. The van der Waals surface area contributed by atoms with Gasteiger partial charge in [0.05, 0.1) is 19.7 Å². The van der Waals surface area contributed by atoms with Crippen LogP contribution in [0, 0.1) is 0 Å². The minimum Gasteiger partial charge on any atom is -0.497 e. The first kappa shape index (κ1) is 17.8. The summed E-state index contributed by atoms with van der Waals surface area (Å²) in [6.45, 7) is 1.23. The molecule has 2 aromatic carbocycles. The average molecular weight is 378 g/mol. The van der Waals surface area contributed by atoms with E-state index in [0.717, 1.165) is 24.4 Å². The first-order valence-electron chi connectivity index (χ1n) is 9.04. The summed E-state index contributed by atoms with van der Waals surface area (Å²) in [5.41, 5.74) is 3.31. The number of nitrogens with zero attached hydrogens (tertiary/aromatic N) is 1. The van der Waals surface area contributed by atoms with Crippen molar-refractivity contribution in [3.63, 3.8) is 0 Å². The van der Waals surface area contributed by atoms with Crippen LogP contribution >= 0.6 is 11.3 Å². The summed E-state index contributed by atoms with van der Waals surface area (Å²) in [6, 6.07) is 20.2. The molecule has 27 heavy (non-hydrogen) atoms. The number of nitrogens with one attached hydrogen (secondary N) is 1. The lowest BCUT2D eigenvalue weighted by molar-refractivity contribution is -0.117. The fraction of sp³-hybridized carbons (Fsp3) is 0.227. The number of ether oxygens (including phenoxy) is 1. The van der Waals surface area contributed by atoms with Gasteiger partial charge in [-0.3, -0.25) is 9.69 Å². The highest BCUT2D eigenvalue weighted by molar-refractivity contribution is 7.10. The van der Waals surface area contributed by atoms with E-state index in [0.29, 0.717) is 6.54 Å². The van der Waals surface area contributed by atoms with Gasteiger partial charge in [-0.1, -0.05) is 36.4 Å². The molecule has 0 fully saturated rings. The Kier molecular flexibility index (Phi) is 5.23. The van der Waals surface area contributed by atoms with Crippen LogP contribution in [0.3, 0.4) is 0 Å². The molecular formula is C22H22N2O2S. The van der Waals surface area contributed by atoms with Crippen molar-refractivity contribution in [2.45, 2.75) is 12.5 Å². The van der Waals surface area contributed by atoms with Gasteiger partial charge in [0.25, 0.3) is 0 Å². The Morgan fingerprint density at radius 2 is 2.04 bits per heavy atom. The summed E-state index contributed by atoms with van der Waals surface area (Å²) in [6.07, 6.45) is 0.989. The number of carbonyl (C=O) groups is 1. The summed E-state index contributed by atoms with van der Waals surface area (Å²) >= 11 is 1.81. The molecule has 0 saturated heterocycles. The van der Waals surface area contributed by atoms with Crippen LogP contribution in [0.2, 0.25) is 0 Å². The van der Waals surface area contributed by atoms with Crippen molar-refractivity contribution in [3.05, 3.63) is 82.0 Å². The number of carbonyl (C=O) groups excluding carboxylic acids is 1. The van der Waals surface area contributed by atoms with E-state index in [1.54, 1.807) is 7.11 Å². The molecule has 0 saturated carbocycles. The molecule has 0 unspecified atom stereocenters. The van der Waals surface area contributed by atoms with Crippen molar-refractivity contribution in [2.75, 3.05) is 25.5 Å². The molecule has 2 heterocycles. The zero-order chi connectivity index (χ0) is 18.6. The molecule has 5 heteroatoms. The fourth-order valence-corrected chi connectivity index (χ4v) is 4.55. The molecule has 0 radical (unpaired) electrons. The van der Waals surface area contributed by atoms with Crippen molar-refractivity contribution < 1.29 is 9.53 Å². The summed E-state index contributed by atoms with van der Waals surface area (Å²) in [5.74, 6) is 0.721. The lowest BCUT2D eigenvalue weighted by Gasteiger charge is -2.35. The summed E-state index contributed by atoms with van der Waals surface area (Å²) in [5, 5.41) is 5.15.